The molecule has 0 radical (unpaired) electrons. The Bertz CT molecular complexity index is 998. The van der Waals surface area contributed by atoms with Crippen LogP contribution in [0.5, 0.6) is 5.75 Å². The number of thioether (sulfide) groups is 1. The highest BCUT2D eigenvalue weighted by atomic mass is 32.2. The van der Waals surface area contributed by atoms with Gasteiger partial charge in [-0.05, 0) is 91.6 Å². The monoisotopic (exact) mass is 571 g/mol. The van der Waals surface area contributed by atoms with Gasteiger partial charge in [0.05, 0.1) is 11.4 Å². The quantitative estimate of drug-likeness (QED) is 0.211. The van der Waals surface area contributed by atoms with Crippen LogP contribution in [0.15, 0.2) is 18.2 Å². The highest BCUT2D eigenvalue weighted by Gasteiger charge is 2.58. The molecule has 2 N–H and O–H groups in total. The van der Waals surface area contributed by atoms with Gasteiger partial charge in [-0.15, -0.1) is 11.8 Å². The summed E-state index contributed by atoms with van der Waals surface area (Å²) in [4.78, 5) is 27.8. The number of benzene rings is 1. The third kappa shape index (κ3) is 7.09. The molecule has 1 aromatic rings. The van der Waals surface area contributed by atoms with E-state index in [1.165, 1.54) is 32.1 Å². The second-order valence-electron chi connectivity index (χ2n) is 13.1. The number of fused-ring (bicyclic) bond motifs is 5. The van der Waals surface area contributed by atoms with E-state index in [0.29, 0.717) is 18.3 Å². The summed E-state index contributed by atoms with van der Waals surface area (Å²) in [6.07, 6.45) is 15.9. The van der Waals surface area contributed by atoms with Crippen molar-refractivity contribution in [2.45, 2.75) is 127 Å². The van der Waals surface area contributed by atoms with Crippen molar-refractivity contribution < 1.29 is 19.8 Å². The van der Waals surface area contributed by atoms with Gasteiger partial charge in [-0.1, -0.05) is 64.9 Å². The molecule has 0 heterocycles. The molecule has 0 aliphatic heterocycles. The predicted octanol–water partition coefficient (Wildman–Crippen LogP) is 7.73. The van der Waals surface area contributed by atoms with E-state index in [1.807, 2.05) is 29.8 Å². The SMILES string of the molecule is CCCCN(C)C(=O)CCCCCCCCCCS[C@@H]1C(=O)c2cc(O)ccc2C2CC[C@@]3(C)C(CC[C@@H]3O)C21. The number of aliphatic hydroxyl groups is 1. The minimum atomic E-state index is -0.256. The smallest absolute Gasteiger partial charge is 0.222 e. The number of rotatable bonds is 15. The highest BCUT2D eigenvalue weighted by molar-refractivity contribution is 8.00. The van der Waals surface area contributed by atoms with Crippen molar-refractivity contribution in [2.24, 2.45) is 17.3 Å². The van der Waals surface area contributed by atoms with E-state index < -0.39 is 0 Å². The van der Waals surface area contributed by atoms with Crippen LogP contribution in [0.1, 0.15) is 132 Å². The Morgan fingerprint density at radius 1 is 1.02 bits per heavy atom. The molecule has 0 aromatic heterocycles. The molecule has 2 fully saturated rings. The third-order valence-corrected chi connectivity index (χ3v) is 11.9. The van der Waals surface area contributed by atoms with E-state index in [1.54, 1.807) is 12.1 Å². The number of carbonyl (C=O) groups excluding carboxylic acids is 2. The first-order chi connectivity index (χ1) is 19.3. The van der Waals surface area contributed by atoms with E-state index in [4.69, 9.17) is 0 Å². The van der Waals surface area contributed by atoms with Gasteiger partial charge in [0.1, 0.15) is 5.75 Å². The van der Waals surface area contributed by atoms with Crippen molar-refractivity contribution in [3.8, 4) is 5.75 Å². The van der Waals surface area contributed by atoms with Crippen molar-refractivity contribution in [3.63, 3.8) is 0 Å². The summed E-state index contributed by atoms with van der Waals surface area (Å²) in [5, 5.41) is 20.9. The Labute approximate surface area is 246 Å². The van der Waals surface area contributed by atoms with Gasteiger partial charge in [0, 0.05) is 25.6 Å². The number of carbonyl (C=O) groups is 2. The first-order valence-corrected chi connectivity index (χ1v) is 17.2. The lowest BCUT2D eigenvalue weighted by molar-refractivity contribution is -0.130. The number of unbranched alkanes of at least 4 members (excludes halogenated alkanes) is 8. The van der Waals surface area contributed by atoms with Gasteiger partial charge in [0.25, 0.3) is 0 Å². The van der Waals surface area contributed by atoms with Crippen LogP contribution in [-0.2, 0) is 4.79 Å². The number of amides is 1. The largest absolute Gasteiger partial charge is 0.508 e. The highest BCUT2D eigenvalue weighted by Crippen LogP contribution is 2.62. The van der Waals surface area contributed by atoms with Crippen LogP contribution >= 0.6 is 11.8 Å². The van der Waals surface area contributed by atoms with Crippen molar-refractivity contribution >= 4 is 23.5 Å². The summed E-state index contributed by atoms with van der Waals surface area (Å²) in [5.74, 6) is 2.67. The molecule has 4 rings (SSSR count). The molecule has 0 bridgehead atoms. The molecule has 0 saturated heterocycles. The van der Waals surface area contributed by atoms with E-state index in [-0.39, 0.29) is 40.1 Å². The maximum atomic E-state index is 13.8. The molecule has 3 unspecified atom stereocenters. The van der Waals surface area contributed by atoms with Gasteiger partial charge in [-0.25, -0.2) is 0 Å². The molecule has 1 amide bonds. The Hall–Kier alpha value is -1.53. The standard InChI is InChI=1S/C34H53NO4S/c1-4-5-21-35(3)30(38)14-12-10-8-6-7-9-11-13-22-40-33-31-26(19-20-34(2)28(31)17-18-29(34)37)25-16-15-24(36)23-27(25)32(33)39/h15-16,23,26,28-29,31,33,36-37H,4-14,17-22H2,1-3H3/t26?,28?,29-,31?,33-,34-/m0/s1. The van der Waals surface area contributed by atoms with Crippen molar-refractivity contribution in [1.82, 2.24) is 4.90 Å². The number of aliphatic hydroxyl groups excluding tert-OH is 1. The topological polar surface area (TPSA) is 77.8 Å². The molecule has 3 aliphatic rings. The Balaban J connectivity index is 1.19. The lowest BCUT2D eigenvalue weighted by Gasteiger charge is -2.52. The Morgan fingerprint density at radius 2 is 1.73 bits per heavy atom. The lowest BCUT2D eigenvalue weighted by Crippen LogP contribution is -2.50. The van der Waals surface area contributed by atoms with E-state index in [2.05, 4.69) is 13.8 Å². The van der Waals surface area contributed by atoms with Gasteiger partial charge >= 0.3 is 0 Å². The number of nitrogens with zero attached hydrogens (tertiary/aromatic N) is 1. The maximum Gasteiger partial charge on any atom is 0.222 e. The fraction of sp³-hybridized carbons (Fsp3) is 0.765. The van der Waals surface area contributed by atoms with Crippen LogP contribution in [0, 0.1) is 17.3 Å². The number of Topliss-reactive ketones (excluding diaryl/α,β-unsaturated/α-hetero) is 1. The van der Waals surface area contributed by atoms with Crippen LogP contribution < -0.4 is 0 Å². The molecule has 2 saturated carbocycles. The normalized spacial score (nSPS) is 29.1. The number of aromatic hydroxyl groups is 1. The molecule has 40 heavy (non-hydrogen) atoms. The molecule has 224 valence electrons. The summed E-state index contributed by atoms with van der Waals surface area (Å²) in [5.41, 5.74) is 1.78. The second kappa shape index (κ2) is 14.6. The number of ketones is 1. The number of hydrogen-bond acceptors (Lipinski definition) is 5. The number of phenols is 1. The summed E-state index contributed by atoms with van der Waals surface area (Å²) < 4.78 is 0. The Kier molecular flexibility index (Phi) is 11.4. The zero-order valence-electron chi connectivity index (χ0n) is 25.2. The molecule has 5 nitrogen and oxygen atoms in total. The van der Waals surface area contributed by atoms with Crippen LogP contribution in [0.2, 0.25) is 0 Å². The summed E-state index contributed by atoms with van der Waals surface area (Å²) >= 11 is 1.85. The first kappa shape index (κ1) is 31.4. The lowest BCUT2D eigenvalue weighted by atomic mass is 9.55. The van der Waals surface area contributed by atoms with Gasteiger partial charge < -0.3 is 15.1 Å². The van der Waals surface area contributed by atoms with Gasteiger partial charge in [0.2, 0.25) is 5.91 Å². The molecule has 1 aromatic carbocycles. The summed E-state index contributed by atoms with van der Waals surface area (Å²) in [7, 11) is 1.92. The molecule has 6 atom stereocenters. The zero-order valence-corrected chi connectivity index (χ0v) is 26.0. The first-order valence-electron chi connectivity index (χ1n) is 16.2. The van der Waals surface area contributed by atoms with Crippen LogP contribution in [-0.4, -0.2) is 57.5 Å². The minimum Gasteiger partial charge on any atom is -0.508 e. The van der Waals surface area contributed by atoms with Gasteiger partial charge in [-0.2, -0.15) is 0 Å². The van der Waals surface area contributed by atoms with E-state index in [9.17, 15) is 19.8 Å². The average Bonchev–Trinajstić information content (AvgIpc) is 3.25. The molecule has 0 spiro atoms. The van der Waals surface area contributed by atoms with Gasteiger partial charge in [-0.3, -0.25) is 9.59 Å². The summed E-state index contributed by atoms with van der Waals surface area (Å²) in [6.45, 7) is 5.29. The molecule has 6 heteroatoms. The fourth-order valence-corrected chi connectivity index (χ4v) is 9.41. The third-order valence-electron chi connectivity index (χ3n) is 10.4. The minimum absolute atomic E-state index is 0.0713. The second-order valence-corrected chi connectivity index (χ2v) is 14.4. The molecule has 3 aliphatic carbocycles. The van der Waals surface area contributed by atoms with Crippen LogP contribution in [0.25, 0.3) is 0 Å². The Morgan fingerprint density at radius 3 is 2.45 bits per heavy atom. The van der Waals surface area contributed by atoms with Crippen molar-refractivity contribution in [2.75, 3.05) is 19.3 Å². The van der Waals surface area contributed by atoms with E-state index in [0.717, 1.165) is 81.2 Å². The summed E-state index contributed by atoms with van der Waals surface area (Å²) in [6, 6.07) is 5.42. The van der Waals surface area contributed by atoms with E-state index >= 15 is 0 Å². The van der Waals surface area contributed by atoms with Crippen LogP contribution in [0.4, 0.5) is 0 Å². The van der Waals surface area contributed by atoms with Crippen molar-refractivity contribution in [1.29, 1.82) is 0 Å². The molecular weight excluding hydrogens is 518 g/mol. The molecular formula is C34H53NO4S. The number of phenolic OH excluding ortho intramolecular Hbond substituents is 1. The van der Waals surface area contributed by atoms with Gasteiger partial charge in [0.15, 0.2) is 5.78 Å². The maximum absolute atomic E-state index is 13.8. The zero-order chi connectivity index (χ0) is 28.7. The predicted molar refractivity (Wildman–Crippen MR) is 165 cm³/mol. The number of hydrogen-bond donors (Lipinski definition) is 2. The van der Waals surface area contributed by atoms with Crippen LogP contribution in [0.3, 0.4) is 0 Å². The fourth-order valence-electron chi connectivity index (χ4n) is 7.91. The average molecular weight is 572 g/mol. The van der Waals surface area contributed by atoms with Crippen molar-refractivity contribution in [3.05, 3.63) is 29.3 Å².